The lowest BCUT2D eigenvalue weighted by Crippen LogP contribution is -2.63. The van der Waals surface area contributed by atoms with Crippen LogP contribution in [0.25, 0.3) is 0 Å². The first-order valence-corrected chi connectivity index (χ1v) is 7.28. The van der Waals surface area contributed by atoms with Gasteiger partial charge in [-0.25, -0.2) is 0 Å². The molecule has 0 aromatic heterocycles. The smallest absolute Gasteiger partial charge is 0.247 e. The zero-order chi connectivity index (χ0) is 15.1. The summed E-state index contributed by atoms with van der Waals surface area (Å²) in [5.41, 5.74) is 10.3. The number of hydrogen-bond donors (Lipinski definition) is 1. The Morgan fingerprint density at radius 1 is 1.05 bits per heavy atom. The molecule has 0 spiro atoms. The highest BCUT2D eigenvalue weighted by Gasteiger charge is 2.46. The maximum absolute atomic E-state index is 12.2. The van der Waals surface area contributed by atoms with Crippen LogP contribution >= 0.6 is 11.6 Å². The second-order valence-electron chi connectivity index (χ2n) is 5.50. The quantitative estimate of drug-likeness (QED) is 0.864. The SMILES string of the molecule is Cc1ccc(N2C(=O)[C@H](N)[C@H]2c2ccc(Cl)cc2)cc1C. The number of rotatable bonds is 2. The molecular formula is C17H17ClN2O. The fraction of sp³-hybridized carbons (Fsp3) is 0.235. The molecule has 1 aliphatic rings. The lowest BCUT2D eigenvalue weighted by Gasteiger charge is -2.45. The molecule has 0 unspecified atom stereocenters. The van der Waals surface area contributed by atoms with Crippen LogP contribution in [0.15, 0.2) is 42.5 Å². The first-order chi connectivity index (χ1) is 9.99. The average molecular weight is 301 g/mol. The molecule has 0 bridgehead atoms. The van der Waals surface area contributed by atoms with E-state index in [2.05, 4.69) is 6.92 Å². The number of carbonyl (C=O) groups is 1. The number of amides is 1. The summed E-state index contributed by atoms with van der Waals surface area (Å²) in [4.78, 5) is 13.9. The minimum Gasteiger partial charge on any atom is -0.318 e. The molecule has 2 N–H and O–H groups in total. The standard InChI is InChI=1S/C17H17ClN2O/c1-10-3-8-14(9-11(10)2)20-16(15(19)17(20)21)12-4-6-13(18)7-5-12/h3-9,15-16H,19H2,1-2H3/t15-,16-/m1/s1. The van der Waals surface area contributed by atoms with Crippen molar-refractivity contribution in [3.63, 3.8) is 0 Å². The second-order valence-corrected chi connectivity index (χ2v) is 5.94. The molecule has 108 valence electrons. The molecule has 0 saturated carbocycles. The van der Waals surface area contributed by atoms with Crippen molar-refractivity contribution >= 4 is 23.2 Å². The summed E-state index contributed by atoms with van der Waals surface area (Å²) in [6.45, 7) is 4.10. The van der Waals surface area contributed by atoms with Crippen molar-refractivity contribution in [2.24, 2.45) is 5.73 Å². The highest BCUT2D eigenvalue weighted by atomic mass is 35.5. The van der Waals surface area contributed by atoms with Crippen LogP contribution in [-0.2, 0) is 4.79 Å². The van der Waals surface area contributed by atoms with Gasteiger partial charge in [0.2, 0.25) is 5.91 Å². The van der Waals surface area contributed by atoms with E-state index in [1.807, 2.05) is 49.4 Å². The van der Waals surface area contributed by atoms with Crippen LogP contribution in [0.4, 0.5) is 5.69 Å². The second kappa shape index (κ2) is 5.17. The van der Waals surface area contributed by atoms with Gasteiger partial charge >= 0.3 is 0 Å². The van der Waals surface area contributed by atoms with E-state index >= 15 is 0 Å². The van der Waals surface area contributed by atoms with E-state index in [0.717, 1.165) is 16.8 Å². The Hall–Kier alpha value is -1.84. The largest absolute Gasteiger partial charge is 0.318 e. The Morgan fingerprint density at radius 2 is 1.71 bits per heavy atom. The zero-order valence-electron chi connectivity index (χ0n) is 12.0. The number of halogens is 1. The van der Waals surface area contributed by atoms with Crippen molar-refractivity contribution in [3.05, 3.63) is 64.2 Å². The van der Waals surface area contributed by atoms with E-state index in [1.165, 1.54) is 5.56 Å². The van der Waals surface area contributed by atoms with Crippen molar-refractivity contribution in [1.82, 2.24) is 0 Å². The van der Waals surface area contributed by atoms with Gasteiger partial charge in [0.25, 0.3) is 0 Å². The first-order valence-electron chi connectivity index (χ1n) is 6.90. The van der Waals surface area contributed by atoms with Gasteiger partial charge in [-0.2, -0.15) is 0 Å². The molecule has 1 saturated heterocycles. The van der Waals surface area contributed by atoms with Gasteiger partial charge in [-0.3, -0.25) is 4.79 Å². The highest BCUT2D eigenvalue weighted by Crippen LogP contribution is 2.38. The number of anilines is 1. The normalized spacial score (nSPS) is 21.3. The van der Waals surface area contributed by atoms with Crippen molar-refractivity contribution in [2.75, 3.05) is 4.90 Å². The van der Waals surface area contributed by atoms with E-state index in [9.17, 15) is 4.79 Å². The van der Waals surface area contributed by atoms with Crippen molar-refractivity contribution in [1.29, 1.82) is 0 Å². The van der Waals surface area contributed by atoms with Crippen LogP contribution in [0.3, 0.4) is 0 Å². The minimum atomic E-state index is -0.493. The summed E-state index contributed by atoms with van der Waals surface area (Å²) in [6.07, 6.45) is 0. The number of β-lactam (4-membered cyclic amide) rings is 1. The molecule has 0 radical (unpaired) electrons. The van der Waals surface area contributed by atoms with Gasteiger partial charge in [0.15, 0.2) is 0 Å². The van der Waals surface area contributed by atoms with Crippen LogP contribution in [-0.4, -0.2) is 11.9 Å². The Morgan fingerprint density at radius 3 is 2.33 bits per heavy atom. The molecule has 4 heteroatoms. The molecule has 1 amide bonds. The molecule has 0 aliphatic carbocycles. The molecule has 1 heterocycles. The lowest BCUT2D eigenvalue weighted by atomic mass is 9.88. The maximum Gasteiger partial charge on any atom is 0.247 e. The number of hydrogen-bond acceptors (Lipinski definition) is 2. The van der Waals surface area contributed by atoms with Crippen LogP contribution in [0.1, 0.15) is 22.7 Å². The molecular weight excluding hydrogens is 284 g/mol. The fourth-order valence-electron chi connectivity index (χ4n) is 2.69. The third-order valence-electron chi connectivity index (χ3n) is 4.12. The lowest BCUT2D eigenvalue weighted by molar-refractivity contribution is -0.126. The number of benzene rings is 2. The Kier molecular flexibility index (Phi) is 3.47. The van der Waals surface area contributed by atoms with Gasteiger partial charge in [-0.05, 0) is 54.8 Å². The predicted molar refractivity (Wildman–Crippen MR) is 85.6 cm³/mol. The van der Waals surface area contributed by atoms with Gasteiger partial charge < -0.3 is 10.6 Å². The van der Waals surface area contributed by atoms with Crippen molar-refractivity contribution in [2.45, 2.75) is 25.9 Å². The van der Waals surface area contributed by atoms with Gasteiger partial charge in [0.1, 0.15) is 6.04 Å². The first kappa shape index (κ1) is 14.1. The average Bonchev–Trinajstić information content (AvgIpc) is 2.48. The van der Waals surface area contributed by atoms with Gasteiger partial charge in [0, 0.05) is 10.7 Å². The monoisotopic (exact) mass is 300 g/mol. The van der Waals surface area contributed by atoms with Crippen molar-refractivity contribution in [3.8, 4) is 0 Å². The molecule has 21 heavy (non-hydrogen) atoms. The summed E-state index contributed by atoms with van der Waals surface area (Å²) in [5, 5.41) is 0.677. The molecule has 2 aromatic carbocycles. The summed E-state index contributed by atoms with van der Waals surface area (Å²) in [7, 11) is 0. The van der Waals surface area contributed by atoms with Crippen molar-refractivity contribution < 1.29 is 4.79 Å². The van der Waals surface area contributed by atoms with Crippen LogP contribution in [0, 0.1) is 13.8 Å². The van der Waals surface area contributed by atoms with E-state index < -0.39 is 6.04 Å². The predicted octanol–water partition coefficient (Wildman–Crippen LogP) is 3.37. The zero-order valence-corrected chi connectivity index (χ0v) is 12.8. The number of carbonyl (C=O) groups excluding carboxylic acids is 1. The Balaban J connectivity index is 1.98. The number of nitrogens with zero attached hydrogens (tertiary/aromatic N) is 1. The molecule has 2 aromatic rings. The van der Waals surface area contributed by atoms with E-state index in [-0.39, 0.29) is 11.9 Å². The third-order valence-corrected chi connectivity index (χ3v) is 4.37. The van der Waals surface area contributed by atoms with E-state index in [4.69, 9.17) is 17.3 Å². The van der Waals surface area contributed by atoms with E-state index in [1.54, 1.807) is 4.90 Å². The van der Waals surface area contributed by atoms with Crippen LogP contribution < -0.4 is 10.6 Å². The number of aryl methyl sites for hydroxylation is 2. The number of nitrogens with two attached hydrogens (primary N) is 1. The molecule has 1 aliphatic heterocycles. The fourth-order valence-corrected chi connectivity index (χ4v) is 2.82. The van der Waals surface area contributed by atoms with Crippen LogP contribution in [0.5, 0.6) is 0 Å². The van der Waals surface area contributed by atoms with Gasteiger partial charge in [-0.15, -0.1) is 0 Å². The summed E-state index contributed by atoms with van der Waals surface area (Å²) >= 11 is 5.92. The minimum absolute atomic E-state index is 0.0433. The maximum atomic E-state index is 12.2. The van der Waals surface area contributed by atoms with Gasteiger partial charge in [0.05, 0.1) is 6.04 Å². The summed E-state index contributed by atoms with van der Waals surface area (Å²) < 4.78 is 0. The topological polar surface area (TPSA) is 46.3 Å². The third kappa shape index (κ3) is 2.33. The van der Waals surface area contributed by atoms with Gasteiger partial charge in [-0.1, -0.05) is 29.8 Å². The highest BCUT2D eigenvalue weighted by molar-refractivity contribution is 6.30. The molecule has 2 atom stereocenters. The summed E-state index contributed by atoms with van der Waals surface area (Å²) in [6, 6.07) is 12.9. The Bertz CT molecular complexity index is 696. The Labute approximate surface area is 129 Å². The van der Waals surface area contributed by atoms with E-state index in [0.29, 0.717) is 5.02 Å². The molecule has 3 rings (SSSR count). The molecule has 3 nitrogen and oxygen atoms in total. The molecule has 1 fully saturated rings. The van der Waals surface area contributed by atoms with Crippen LogP contribution in [0.2, 0.25) is 5.02 Å². The summed E-state index contributed by atoms with van der Waals surface area (Å²) in [5.74, 6) is -0.0433.